The van der Waals surface area contributed by atoms with Gasteiger partial charge in [0.25, 0.3) is 0 Å². The molecule has 0 spiro atoms. The van der Waals surface area contributed by atoms with Gasteiger partial charge in [-0.05, 0) is 31.0 Å². The molecule has 100 valence electrons. The highest BCUT2D eigenvalue weighted by Crippen LogP contribution is 2.14. The molecule has 1 heterocycles. The number of carbonyl (C=O) groups is 1. The Bertz CT molecular complexity index is 570. The molecule has 1 N–H and O–H groups in total. The summed E-state index contributed by atoms with van der Waals surface area (Å²) in [5.74, 6) is 0.0872. The summed E-state index contributed by atoms with van der Waals surface area (Å²) in [7, 11) is 0. The normalized spacial score (nSPS) is 10.6. The minimum Gasteiger partial charge on any atom is -0.481 e. The first-order chi connectivity index (χ1) is 9.10. The molecule has 0 radical (unpaired) electrons. The molecule has 0 aliphatic rings. The SMILES string of the molecule is CCc1ccc(-n2cc(CCC(=O)O)nc2C)cc1. The summed E-state index contributed by atoms with van der Waals surface area (Å²) in [5.41, 5.74) is 3.18. The fraction of sp³-hybridized carbons (Fsp3) is 0.333. The van der Waals surface area contributed by atoms with Gasteiger partial charge in [0.05, 0.1) is 12.1 Å². The fourth-order valence-electron chi connectivity index (χ4n) is 2.04. The average Bonchev–Trinajstić information content (AvgIpc) is 2.78. The van der Waals surface area contributed by atoms with Gasteiger partial charge in [-0.25, -0.2) is 4.98 Å². The number of benzene rings is 1. The van der Waals surface area contributed by atoms with Crippen molar-refractivity contribution in [3.63, 3.8) is 0 Å². The molecule has 0 saturated heterocycles. The number of aromatic nitrogens is 2. The molecule has 0 fully saturated rings. The Morgan fingerprint density at radius 1 is 1.32 bits per heavy atom. The van der Waals surface area contributed by atoms with Crippen LogP contribution in [0.5, 0.6) is 0 Å². The highest BCUT2D eigenvalue weighted by Gasteiger charge is 2.07. The maximum Gasteiger partial charge on any atom is 0.303 e. The van der Waals surface area contributed by atoms with Crippen LogP contribution in [0.25, 0.3) is 5.69 Å². The van der Waals surface area contributed by atoms with Crippen molar-refractivity contribution in [2.24, 2.45) is 0 Å². The molecule has 0 atom stereocenters. The zero-order chi connectivity index (χ0) is 13.8. The molecule has 2 rings (SSSR count). The quantitative estimate of drug-likeness (QED) is 0.897. The Morgan fingerprint density at radius 3 is 2.58 bits per heavy atom. The number of imidazole rings is 1. The van der Waals surface area contributed by atoms with Gasteiger partial charge in [-0.15, -0.1) is 0 Å². The van der Waals surface area contributed by atoms with Crippen LogP contribution in [0.1, 0.15) is 30.4 Å². The van der Waals surface area contributed by atoms with Crippen LogP contribution in [-0.2, 0) is 17.6 Å². The number of aliphatic carboxylic acids is 1. The summed E-state index contributed by atoms with van der Waals surface area (Å²) in [4.78, 5) is 15.0. The minimum absolute atomic E-state index is 0.116. The van der Waals surface area contributed by atoms with Gasteiger partial charge < -0.3 is 9.67 Å². The molecule has 2 aromatic rings. The van der Waals surface area contributed by atoms with E-state index in [2.05, 4.69) is 36.2 Å². The van der Waals surface area contributed by atoms with E-state index in [4.69, 9.17) is 5.11 Å². The summed E-state index contributed by atoms with van der Waals surface area (Å²) >= 11 is 0. The Morgan fingerprint density at radius 2 is 2.00 bits per heavy atom. The van der Waals surface area contributed by atoms with Crippen molar-refractivity contribution in [2.75, 3.05) is 0 Å². The van der Waals surface area contributed by atoms with Gasteiger partial charge in [-0.1, -0.05) is 19.1 Å². The van der Waals surface area contributed by atoms with Crippen LogP contribution >= 0.6 is 0 Å². The van der Waals surface area contributed by atoms with Crippen LogP contribution in [0.4, 0.5) is 0 Å². The van der Waals surface area contributed by atoms with Crippen molar-refractivity contribution >= 4 is 5.97 Å². The molecule has 1 aromatic carbocycles. The monoisotopic (exact) mass is 258 g/mol. The van der Waals surface area contributed by atoms with E-state index in [0.717, 1.165) is 23.6 Å². The molecular formula is C15H18N2O2. The van der Waals surface area contributed by atoms with Crippen LogP contribution in [-0.4, -0.2) is 20.6 Å². The maximum absolute atomic E-state index is 10.6. The summed E-state index contributed by atoms with van der Waals surface area (Å²) in [6.45, 7) is 4.06. The molecule has 0 unspecified atom stereocenters. The lowest BCUT2D eigenvalue weighted by Crippen LogP contribution is -1.97. The zero-order valence-corrected chi connectivity index (χ0v) is 11.3. The van der Waals surface area contributed by atoms with Crippen molar-refractivity contribution in [1.29, 1.82) is 0 Å². The Balaban J connectivity index is 2.21. The average molecular weight is 258 g/mol. The van der Waals surface area contributed by atoms with E-state index >= 15 is 0 Å². The lowest BCUT2D eigenvalue weighted by Gasteiger charge is -2.05. The molecule has 0 bridgehead atoms. The summed E-state index contributed by atoms with van der Waals surface area (Å²) in [5, 5.41) is 8.69. The number of carboxylic acid groups (broad SMARTS) is 1. The Hall–Kier alpha value is -2.10. The third-order valence-electron chi connectivity index (χ3n) is 3.15. The summed E-state index contributed by atoms with van der Waals surface area (Å²) in [6, 6.07) is 8.33. The highest BCUT2D eigenvalue weighted by molar-refractivity contribution is 5.66. The molecule has 4 nitrogen and oxygen atoms in total. The molecule has 0 saturated carbocycles. The molecule has 4 heteroatoms. The van der Waals surface area contributed by atoms with Crippen LogP contribution in [0.15, 0.2) is 30.5 Å². The van der Waals surface area contributed by atoms with Crippen molar-refractivity contribution in [3.05, 3.63) is 47.5 Å². The van der Waals surface area contributed by atoms with E-state index < -0.39 is 5.97 Å². The topological polar surface area (TPSA) is 55.1 Å². The second-order valence-corrected chi connectivity index (χ2v) is 4.56. The van der Waals surface area contributed by atoms with Crippen LogP contribution in [0.3, 0.4) is 0 Å². The number of aryl methyl sites for hydroxylation is 3. The maximum atomic E-state index is 10.6. The van der Waals surface area contributed by atoms with Crippen LogP contribution in [0, 0.1) is 6.92 Å². The van der Waals surface area contributed by atoms with E-state index in [1.807, 2.05) is 17.7 Å². The number of hydrogen-bond donors (Lipinski definition) is 1. The van der Waals surface area contributed by atoms with Crippen molar-refractivity contribution in [1.82, 2.24) is 9.55 Å². The number of rotatable bonds is 5. The van der Waals surface area contributed by atoms with Gasteiger partial charge in [-0.2, -0.15) is 0 Å². The van der Waals surface area contributed by atoms with Crippen LogP contribution < -0.4 is 0 Å². The van der Waals surface area contributed by atoms with E-state index in [0.29, 0.717) is 6.42 Å². The molecule has 0 aliphatic heterocycles. The first-order valence-corrected chi connectivity index (χ1v) is 6.46. The summed E-state index contributed by atoms with van der Waals surface area (Å²) in [6.07, 6.45) is 3.52. The molecule has 19 heavy (non-hydrogen) atoms. The number of hydrogen-bond acceptors (Lipinski definition) is 2. The standard InChI is InChI=1S/C15H18N2O2/c1-3-12-4-7-14(8-5-12)17-10-13(16-11(17)2)6-9-15(18)19/h4-5,7-8,10H,3,6,9H2,1-2H3,(H,18,19). The van der Waals surface area contributed by atoms with Crippen molar-refractivity contribution in [3.8, 4) is 5.69 Å². The Kier molecular flexibility index (Phi) is 4.00. The first kappa shape index (κ1) is 13.3. The van der Waals surface area contributed by atoms with Gasteiger partial charge in [0.2, 0.25) is 0 Å². The molecule has 1 aromatic heterocycles. The van der Waals surface area contributed by atoms with Crippen molar-refractivity contribution in [2.45, 2.75) is 33.1 Å². The fourth-order valence-corrected chi connectivity index (χ4v) is 2.04. The third kappa shape index (κ3) is 3.22. The van der Waals surface area contributed by atoms with Gasteiger partial charge in [0.15, 0.2) is 0 Å². The van der Waals surface area contributed by atoms with Gasteiger partial charge in [0.1, 0.15) is 5.82 Å². The number of carboxylic acids is 1. The predicted molar refractivity (Wildman–Crippen MR) is 73.6 cm³/mol. The van der Waals surface area contributed by atoms with E-state index in [9.17, 15) is 4.79 Å². The van der Waals surface area contributed by atoms with E-state index in [-0.39, 0.29) is 6.42 Å². The van der Waals surface area contributed by atoms with Gasteiger partial charge in [-0.3, -0.25) is 4.79 Å². The smallest absolute Gasteiger partial charge is 0.303 e. The van der Waals surface area contributed by atoms with Gasteiger partial charge in [0, 0.05) is 18.3 Å². The minimum atomic E-state index is -0.792. The van der Waals surface area contributed by atoms with Crippen LogP contribution in [0.2, 0.25) is 0 Å². The zero-order valence-electron chi connectivity index (χ0n) is 11.3. The number of nitrogens with zero attached hydrogens (tertiary/aromatic N) is 2. The van der Waals surface area contributed by atoms with E-state index in [1.54, 1.807) is 0 Å². The second-order valence-electron chi connectivity index (χ2n) is 4.56. The first-order valence-electron chi connectivity index (χ1n) is 6.46. The second kappa shape index (κ2) is 5.69. The van der Waals surface area contributed by atoms with Crippen molar-refractivity contribution < 1.29 is 9.90 Å². The predicted octanol–water partition coefficient (Wildman–Crippen LogP) is 2.76. The van der Waals surface area contributed by atoms with E-state index in [1.165, 1.54) is 5.56 Å². The van der Waals surface area contributed by atoms with Gasteiger partial charge >= 0.3 is 5.97 Å². The Labute approximate surface area is 112 Å². The molecule has 0 aliphatic carbocycles. The molecular weight excluding hydrogens is 240 g/mol. The lowest BCUT2D eigenvalue weighted by molar-refractivity contribution is -0.136. The third-order valence-corrected chi connectivity index (χ3v) is 3.15. The highest BCUT2D eigenvalue weighted by atomic mass is 16.4. The molecule has 0 amide bonds. The lowest BCUT2D eigenvalue weighted by atomic mass is 10.1. The largest absolute Gasteiger partial charge is 0.481 e. The summed E-state index contributed by atoms with van der Waals surface area (Å²) < 4.78 is 2.00.